The third-order valence-electron chi connectivity index (χ3n) is 3.96. The molecule has 1 heterocycles. The summed E-state index contributed by atoms with van der Waals surface area (Å²) in [5, 5.41) is 13.4. The van der Waals surface area contributed by atoms with E-state index in [1.54, 1.807) is 48.0 Å². The Kier molecular flexibility index (Phi) is 7.76. The summed E-state index contributed by atoms with van der Waals surface area (Å²) >= 11 is 25.4. The maximum absolute atomic E-state index is 12.3. The topological polar surface area (TPSA) is 69.0 Å². The number of nitrogens with one attached hydrogen (secondary N) is 1. The number of hydrogen-bond donors (Lipinski definition) is 1. The highest BCUT2D eigenvalue weighted by molar-refractivity contribution is 7.99. The van der Waals surface area contributed by atoms with Gasteiger partial charge in [-0.2, -0.15) is 0 Å². The van der Waals surface area contributed by atoms with Crippen LogP contribution in [0.3, 0.4) is 0 Å². The summed E-state index contributed by atoms with van der Waals surface area (Å²) in [4.78, 5) is 12.3. The monoisotopic (exact) mass is 504 g/mol. The van der Waals surface area contributed by atoms with Crippen molar-refractivity contribution in [1.82, 2.24) is 14.8 Å². The highest BCUT2D eigenvalue weighted by Gasteiger charge is 2.19. The first-order valence-corrected chi connectivity index (χ1v) is 11.1. The number of aromatic nitrogens is 3. The van der Waals surface area contributed by atoms with Gasteiger partial charge in [-0.15, -0.1) is 10.2 Å². The van der Waals surface area contributed by atoms with Crippen LogP contribution >= 0.6 is 58.2 Å². The van der Waals surface area contributed by atoms with Gasteiger partial charge < -0.3 is 14.6 Å². The van der Waals surface area contributed by atoms with Crippen LogP contribution in [0.25, 0.3) is 0 Å². The van der Waals surface area contributed by atoms with Gasteiger partial charge in [-0.3, -0.25) is 4.79 Å². The molecule has 3 rings (SSSR count). The standard InChI is InChI=1S/C19H16Cl4N4O2S/c1-10(29-16-8-12(21)4-6-14(16)23)18-25-26-19(27(18)2)30-9-17(28)24-15-7-11(20)3-5-13(15)22/h3-8,10H,9H2,1-2H3,(H,24,28). The third-order valence-corrected chi connectivity index (χ3v) is 6.10. The van der Waals surface area contributed by atoms with E-state index in [1.807, 2.05) is 6.92 Å². The van der Waals surface area contributed by atoms with Crippen molar-refractivity contribution < 1.29 is 9.53 Å². The molecule has 0 fully saturated rings. The Labute approximate surface area is 197 Å². The van der Waals surface area contributed by atoms with Crippen molar-refractivity contribution in [3.63, 3.8) is 0 Å². The molecule has 0 spiro atoms. The van der Waals surface area contributed by atoms with Crippen LogP contribution in [0.4, 0.5) is 5.69 Å². The number of carbonyl (C=O) groups excluding carboxylic acids is 1. The first-order valence-electron chi connectivity index (χ1n) is 8.63. The van der Waals surface area contributed by atoms with Crippen LogP contribution in [-0.4, -0.2) is 26.4 Å². The molecule has 11 heteroatoms. The Hall–Kier alpha value is -1.64. The normalized spacial score (nSPS) is 11.9. The Morgan fingerprint density at radius 3 is 2.50 bits per heavy atom. The molecular weight excluding hydrogens is 490 g/mol. The van der Waals surface area contributed by atoms with E-state index >= 15 is 0 Å². The van der Waals surface area contributed by atoms with Gasteiger partial charge in [0.05, 0.1) is 21.5 Å². The number of nitrogens with zero attached hydrogens (tertiary/aromatic N) is 3. The van der Waals surface area contributed by atoms with Crippen LogP contribution < -0.4 is 10.1 Å². The lowest BCUT2D eigenvalue weighted by Crippen LogP contribution is -2.15. The quantitative estimate of drug-likeness (QED) is 0.381. The zero-order valence-corrected chi connectivity index (χ0v) is 19.7. The smallest absolute Gasteiger partial charge is 0.234 e. The molecule has 2 aromatic carbocycles. The number of ether oxygens (including phenoxy) is 1. The third kappa shape index (κ3) is 5.74. The summed E-state index contributed by atoms with van der Waals surface area (Å²) in [5.41, 5.74) is 0.453. The van der Waals surface area contributed by atoms with Crippen molar-refractivity contribution >= 4 is 69.8 Å². The van der Waals surface area contributed by atoms with Crippen molar-refractivity contribution in [3.8, 4) is 5.75 Å². The van der Waals surface area contributed by atoms with Crippen LogP contribution in [0.2, 0.25) is 20.1 Å². The number of anilines is 1. The Bertz CT molecular complexity index is 1080. The summed E-state index contributed by atoms with van der Waals surface area (Å²) in [6, 6.07) is 9.84. The second kappa shape index (κ2) is 10.1. The van der Waals surface area contributed by atoms with E-state index in [0.29, 0.717) is 42.5 Å². The molecule has 0 aliphatic carbocycles. The molecule has 0 radical (unpaired) electrons. The molecule has 30 heavy (non-hydrogen) atoms. The van der Waals surface area contributed by atoms with Crippen molar-refractivity contribution in [2.75, 3.05) is 11.1 Å². The fourth-order valence-corrected chi connectivity index (χ4v) is 3.91. The zero-order valence-electron chi connectivity index (χ0n) is 15.8. The Morgan fingerprint density at radius 2 is 1.77 bits per heavy atom. The molecule has 3 aromatic rings. The number of carbonyl (C=O) groups is 1. The van der Waals surface area contributed by atoms with E-state index in [-0.39, 0.29) is 11.7 Å². The molecular formula is C19H16Cl4N4O2S. The van der Waals surface area contributed by atoms with Crippen LogP contribution in [0, 0.1) is 0 Å². The number of halogens is 4. The van der Waals surface area contributed by atoms with E-state index in [4.69, 9.17) is 51.1 Å². The highest BCUT2D eigenvalue weighted by Crippen LogP contribution is 2.32. The molecule has 0 saturated carbocycles. The maximum atomic E-state index is 12.3. The SMILES string of the molecule is CC(Oc1cc(Cl)ccc1Cl)c1nnc(SCC(=O)Nc2cc(Cl)ccc2Cl)n1C. The molecule has 0 saturated heterocycles. The van der Waals surface area contributed by atoms with E-state index in [0.717, 1.165) is 0 Å². The van der Waals surface area contributed by atoms with Crippen molar-refractivity contribution in [2.24, 2.45) is 7.05 Å². The van der Waals surface area contributed by atoms with Gasteiger partial charge in [0.1, 0.15) is 5.75 Å². The fraction of sp³-hybridized carbons (Fsp3) is 0.211. The summed E-state index contributed by atoms with van der Waals surface area (Å²) in [6.07, 6.45) is -0.438. The van der Waals surface area contributed by atoms with Crippen LogP contribution in [-0.2, 0) is 11.8 Å². The second-order valence-corrected chi connectivity index (χ2v) is 8.83. The molecule has 1 atom stereocenters. The predicted octanol–water partition coefficient (Wildman–Crippen LogP) is 6.30. The van der Waals surface area contributed by atoms with Crippen molar-refractivity contribution in [2.45, 2.75) is 18.2 Å². The molecule has 1 unspecified atom stereocenters. The number of rotatable bonds is 7. The molecule has 0 bridgehead atoms. The van der Waals surface area contributed by atoms with Gasteiger partial charge in [-0.25, -0.2) is 0 Å². The van der Waals surface area contributed by atoms with Gasteiger partial charge in [0.15, 0.2) is 17.1 Å². The molecule has 0 aliphatic heterocycles. The molecule has 1 aromatic heterocycles. The minimum atomic E-state index is -0.438. The van der Waals surface area contributed by atoms with E-state index in [9.17, 15) is 4.79 Å². The summed E-state index contributed by atoms with van der Waals surface area (Å²) < 4.78 is 7.64. The van der Waals surface area contributed by atoms with E-state index in [1.165, 1.54) is 11.8 Å². The average molecular weight is 506 g/mol. The van der Waals surface area contributed by atoms with Gasteiger partial charge in [-0.1, -0.05) is 58.2 Å². The first-order chi connectivity index (χ1) is 14.2. The molecule has 6 nitrogen and oxygen atoms in total. The summed E-state index contributed by atoms with van der Waals surface area (Å²) in [7, 11) is 1.79. The van der Waals surface area contributed by atoms with Crippen molar-refractivity contribution in [1.29, 1.82) is 0 Å². The summed E-state index contributed by atoms with van der Waals surface area (Å²) in [5.74, 6) is 0.895. The zero-order chi connectivity index (χ0) is 21.8. The first kappa shape index (κ1) is 23.0. The van der Waals surface area contributed by atoms with Crippen LogP contribution in [0.15, 0.2) is 41.6 Å². The maximum Gasteiger partial charge on any atom is 0.234 e. The second-order valence-electron chi connectivity index (χ2n) is 6.20. The number of benzene rings is 2. The van der Waals surface area contributed by atoms with Crippen LogP contribution in [0.1, 0.15) is 18.9 Å². The minimum Gasteiger partial charge on any atom is -0.481 e. The van der Waals surface area contributed by atoms with Crippen molar-refractivity contribution in [3.05, 3.63) is 62.3 Å². The Balaban J connectivity index is 1.62. The largest absolute Gasteiger partial charge is 0.481 e. The van der Waals surface area contributed by atoms with Gasteiger partial charge in [0.25, 0.3) is 0 Å². The molecule has 158 valence electrons. The summed E-state index contributed by atoms with van der Waals surface area (Å²) in [6.45, 7) is 1.82. The van der Waals surface area contributed by atoms with Gasteiger partial charge >= 0.3 is 0 Å². The average Bonchev–Trinajstić information content (AvgIpc) is 3.06. The molecule has 1 N–H and O–H groups in total. The minimum absolute atomic E-state index is 0.115. The number of amides is 1. The molecule has 1 amide bonds. The number of hydrogen-bond acceptors (Lipinski definition) is 5. The lowest BCUT2D eigenvalue weighted by Gasteiger charge is -2.15. The van der Waals surface area contributed by atoms with Gasteiger partial charge in [0.2, 0.25) is 5.91 Å². The Morgan fingerprint density at radius 1 is 1.10 bits per heavy atom. The van der Waals surface area contributed by atoms with E-state index in [2.05, 4.69) is 15.5 Å². The van der Waals surface area contributed by atoms with E-state index < -0.39 is 6.10 Å². The van der Waals surface area contributed by atoms with Gasteiger partial charge in [0, 0.05) is 23.2 Å². The predicted molar refractivity (Wildman–Crippen MR) is 122 cm³/mol. The molecule has 0 aliphatic rings. The van der Waals surface area contributed by atoms with Gasteiger partial charge in [-0.05, 0) is 37.3 Å². The fourth-order valence-electron chi connectivity index (χ4n) is 2.53. The number of thioether (sulfide) groups is 1. The highest BCUT2D eigenvalue weighted by atomic mass is 35.5. The lowest BCUT2D eigenvalue weighted by molar-refractivity contribution is -0.113. The van der Waals surface area contributed by atoms with Crippen LogP contribution in [0.5, 0.6) is 5.75 Å². The lowest BCUT2D eigenvalue weighted by atomic mass is 10.3.